The van der Waals surface area contributed by atoms with Gasteiger partial charge in [-0.05, 0) is 38.5 Å². The van der Waals surface area contributed by atoms with Gasteiger partial charge in [-0.3, -0.25) is 4.57 Å². The van der Waals surface area contributed by atoms with Crippen molar-refractivity contribution in [1.82, 2.24) is 4.57 Å². The predicted octanol–water partition coefficient (Wildman–Crippen LogP) is 3.43. The molecular weight excluding hydrogens is 254 g/mol. The molecule has 1 N–H and O–H groups in total. The van der Waals surface area contributed by atoms with Crippen molar-refractivity contribution in [2.24, 2.45) is 0 Å². The van der Waals surface area contributed by atoms with Crippen LogP contribution in [0, 0.1) is 0 Å². The van der Waals surface area contributed by atoms with Gasteiger partial charge in [-0.15, -0.1) is 0 Å². The van der Waals surface area contributed by atoms with Gasteiger partial charge in [-0.25, -0.2) is 4.79 Å². The molecule has 0 atom stereocenters. The molecule has 0 saturated carbocycles. The fraction of sp³-hybridized carbons (Fsp3) is 0.312. The molecule has 20 heavy (non-hydrogen) atoms. The number of carbonyl (C=O) groups is 1. The summed E-state index contributed by atoms with van der Waals surface area (Å²) in [7, 11) is 0. The highest BCUT2D eigenvalue weighted by molar-refractivity contribution is 5.90. The van der Waals surface area contributed by atoms with Gasteiger partial charge in [0.15, 0.2) is 0 Å². The van der Waals surface area contributed by atoms with E-state index in [4.69, 9.17) is 9.84 Å². The topological polar surface area (TPSA) is 51.5 Å². The van der Waals surface area contributed by atoms with E-state index < -0.39 is 11.7 Å². The van der Waals surface area contributed by atoms with Crippen LogP contribution in [0.15, 0.2) is 36.5 Å². The first kappa shape index (κ1) is 14.3. The van der Waals surface area contributed by atoms with E-state index in [1.165, 1.54) is 4.57 Å². The lowest BCUT2D eigenvalue weighted by atomic mass is 10.1. The number of nitrogens with zero attached hydrogens (tertiary/aromatic N) is 1. The van der Waals surface area contributed by atoms with Crippen molar-refractivity contribution < 1.29 is 14.6 Å². The molecule has 1 heterocycles. The highest BCUT2D eigenvalue weighted by atomic mass is 16.6. The molecule has 4 nitrogen and oxygen atoms in total. The van der Waals surface area contributed by atoms with Crippen LogP contribution >= 0.6 is 0 Å². The normalized spacial score (nSPS) is 12.2. The van der Waals surface area contributed by atoms with Gasteiger partial charge in [0.25, 0.3) is 0 Å². The second-order valence-corrected chi connectivity index (χ2v) is 5.57. The third-order valence-corrected chi connectivity index (χ3v) is 2.72. The Morgan fingerprint density at radius 3 is 2.75 bits per heavy atom. The molecule has 0 aliphatic rings. The standard InChI is InChI=1S/C16H19NO3/c1-16(2,3)20-15(19)17-9-8-13-7-6-12(5-4-10-18)11-14(13)17/h4-9,11,18H,10H2,1-3H3. The summed E-state index contributed by atoms with van der Waals surface area (Å²) in [5.41, 5.74) is 1.19. The molecule has 2 aromatic rings. The first-order valence-corrected chi connectivity index (χ1v) is 6.52. The van der Waals surface area contributed by atoms with Crippen LogP contribution in [0.2, 0.25) is 0 Å². The Balaban J connectivity index is 2.39. The van der Waals surface area contributed by atoms with Crippen LogP contribution in [0.25, 0.3) is 17.0 Å². The summed E-state index contributed by atoms with van der Waals surface area (Å²) in [6.07, 6.45) is 4.78. The molecule has 1 aromatic heterocycles. The van der Waals surface area contributed by atoms with E-state index in [2.05, 4.69) is 0 Å². The van der Waals surface area contributed by atoms with Crippen molar-refractivity contribution in [1.29, 1.82) is 0 Å². The number of fused-ring (bicyclic) bond motifs is 1. The molecule has 0 radical (unpaired) electrons. The van der Waals surface area contributed by atoms with E-state index in [9.17, 15) is 4.79 Å². The second-order valence-electron chi connectivity index (χ2n) is 5.57. The molecule has 0 fully saturated rings. The zero-order valence-corrected chi connectivity index (χ0v) is 12.0. The number of hydrogen-bond acceptors (Lipinski definition) is 3. The maximum Gasteiger partial charge on any atom is 0.418 e. The lowest BCUT2D eigenvalue weighted by Gasteiger charge is -2.19. The van der Waals surface area contributed by atoms with Gasteiger partial charge in [-0.1, -0.05) is 24.3 Å². The molecule has 2 rings (SSSR count). The third kappa shape index (κ3) is 3.27. The number of aromatic nitrogens is 1. The maximum absolute atomic E-state index is 12.1. The molecule has 1 aromatic carbocycles. The smallest absolute Gasteiger partial charge is 0.418 e. The average Bonchev–Trinajstić information content (AvgIpc) is 2.77. The zero-order chi connectivity index (χ0) is 14.8. The number of hydrogen-bond donors (Lipinski definition) is 1. The van der Waals surface area contributed by atoms with Gasteiger partial charge < -0.3 is 9.84 Å². The number of aliphatic hydroxyl groups excluding tert-OH is 1. The summed E-state index contributed by atoms with van der Waals surface area (Å²) in [6, 6.07) is 7.64. The largest absolute Gasteiger partial charge is 0.443 e. The minimum absolute atomic E-state index is 0.00881. The molecule has 0 saturated heterocycles. The van der Waals surface area contributed by atoms with Crippen LogP contribution in [-0.4, -0.2) is 28.0 Å². The quantitative estimate of drug-likeness (QED) is 0.912. The monoisotopic (exact) mass is 273 g/mol. The Morgan fingerprint density at radius 2 is 2.10 bits per heavy atom. The van der Waals surface area contributed by atoms with Crippen molar-refractivity contribution in [2.45, 2.75) is 26.4 Å². The number of benzene rings is 1. The van der Waals surface area contributed by atoms with Crippen LogP contribution in [0.5, 0.6) is 0 Å². The Labute approximate surface area is 118 Å². The van der Waals surface area contributed by atoms with Crippen LogP contribution in [-0.2, 0) is 4.74 Å². The molecular formula is C16H19NO3. The molecule has 0 aliphatic heterocycles. The molecule has 0 aliphatic carbocycles. The molecule has 0 amide bonds. The van der Waals surface area contributed by atoms with Crippen LogP contribution in [0.4, 0.5) is 4.79 Å². The second kappa shape index (κ2) is 5.51. The van der Waals surface area contributed by atoms with E-state index >= 15 is 0 Å². The maximum atomic E-state index is 12.1. The summed E-state index contributed by atoms with van der Waals surface area (Å²) >= 11 is 0. The summed E-state index contributed by atoms with van der Waals surface area (Å²) in [6.45, 7) is 5.51. The highest BCUT2D eigenvalue weighted by Crippen LogP contribution is 2.20. The Hall–Kier alpha value is -2.07. The van der Waals surface area contributed by atoms with E-state index in [0.717, 1.165) is 16.5 Å². The summed E-state index contributed by atoms with van der Waals surface area (Å²) in [5, 5.41) is 9.77. The Bertz CT molecular complexity index is 647. The summed E-state index contributed by atoms with van der Waals surface area (Å²) in [5.74, 6) is 0. The van der Waals surface area contributed by atoms with Crippen molar-refractivity contribution in [3.8, 4) is 0 Å². The molecule has 4 heteroatoms. The average molecular weight is 273 g/mol. The number of rotatable bonds is 2. The van der Waals surface area contributed by atoms with Gasteiger partial charge in [0.05, 0.1) is 12.1 Å². The van der Waals surface area contributed by atoms with Crippen molar-refractivity contribution in [2.75, 3.05) is 6.61 Å². The van der Waals surface area contributed by atoms with Crippen LogP contribution in [0.3, 0.4) is 0 Å². The van der Waals surface area contributed by atoms with Gasteiger partial charge in [0.1, 0.15) is 5.60 Å². The van der Waals surface area contributed by atoms with Crippen molar-refractivity contribution >= 4 is 23.1 Å². The zero-order valence-electron chi connectivity index (χ0n) is 12.0. The van der Waals surface area contributed by atoms with Gasteiger partial charge >= 0.3 is 6.09 Å². The van der Waals surface area contributed by atoms with E-state index in [-0.39, 0.29) is 6.61 Å². The van der Waals surface area contributed by atoms with Gasteiger partial charge in [0.2, 0.25) is 0 Å². The van der Waals surface area contributed by atoms with Crippen molar-refractivity contribution in [3.05, 3.63) is 42.1 Å². The fourth-order valence-corrected chi connectivity index (χ4v) is 1.91. The third-order valence-electron chi connectivity index (χ3n) is 2.72. The first-order valence-electron chi connectivity index (χ1n) is 6.52. The Kier molecular flexibility index (Phi) is 3.95. The van der Waals surface area contributed by atoms with E-state index in [0.29, 0.717) is 0 Å². The van der Waals surface area contributed by atoms with Gasteiger partial charge in [-0.2, -0.15) is 0 Å². The lowest BCUT2D eigenvalue weighted by Crippen LogP contribution is -2.26. The van der Waals surface area contributed by atoms with E-state index in [1.807, 2.05) is 51.1 Å². The Morgan fingerprint density at radius 1 is 1.35 bits per heavy atom. The minimum atomic E-state index is -0.526. The number of carbonyl (C=O) groups excluding carboxylic acids is 1. The number of ether oxygens (including phenoxy) is 1. The molecule has 0 bridgehead atoms. The fourth-order valence-electron chi connectivity index (χ4n) is 1.91. The SMILES string of the molecule is CC(C)(C)OC(=O)n1ccc2ccc(C=CCO)cc21. The lowest BCUT2D eigenvalue weighted by molar-refractivity contribution is 0.0544. The van der Waals surface area contributed by atoms with Crippen LogP contribution in [0.1, 0.15) is 26.3 Å². The minimum Gasteiger partial charge on any atom is -0.443 e. The summed E-state index contributed by atoms with van der Waals surface area (Å²) in [4.78, 5) is 12.1. The molecule has 0 unspecified atom stereocenters. The highest BCUT2D eigenvalue weighted by Gasteiger charge is 2.18. The van der Waals surface area contributed by atoms with Crippen molar-refractivity contribution in [3.63, 3.8) is 0 Å². The number of aliphatic hydroxyl groups is 1. The van der Waals surface area contributed by atoms with E-state index in [1.54, 1.807) is 12.3 Å². The van der Waals surface area contributed by atoms with Gasteiger partial charge in [0, 0.05) is 11.6 Å². The molecule has 106 valence electrons. The van der Waals surface area contributed by atoms with Crippen LogP contribution < -0.4 is 0 Å². The first-order chi connectivity index (χ1) is 9.40. The predicted molar refractivity (Wildman–Crippen MR) is 79.7 cm³/mol. The molecule has 0 spiro atoms. The summed E-state index contributed by atoms with van der Waals surface area (Å²) < 4.78 is 6.87.